The zero-order valence-corrected chi connectivity index (χ0v) is 19.3. The topological polar surface area (TPSA) is 66.5 Å². The Morgan fingerprint density at radius 3 is 2.55 bits per heavy atom. The zero-order valence-electron chi connectivity index (χ0n) is 19.3. The lowest BCUT2D eigenvalue weighted by atomic mass is 9.88. The normalized spacial score (nSPS) is 18.0. The number of likely N-dealkylation sites (N-methyl/N-ethyl adjacent to an activating group) is 1. The van der Waals surface area contributed by atoms with Crippen molar-refractivity contribution in [2.75, 3.05) is 39.1 Å². The number of carbonyl (C=O) groups is 1. The summed E-state index contributed by atoms with van der Waals surface area (Å²) in [6.07, 6.45) is 4.76. The van der Waals surface area contributed by atoms with E-state index < -0.39 is 0 Å². The third kappa shape index (κ3) is 7.64. The molecule has 2 aromatic rings. The Balaban J connectivity index is 1.43. The summed E-state index contributed by atoms with van der Waals surface area (Å²) in [5.41, 5.74) is 2.92. The number of hydrogen-bond donors (Lipinski definition) is 2. The van der Waals surface area contributed by atoms with Crippen molar-refractivity contribution in [3.63, 3.8) is 0 Å². The molecule has 168 valence electrons. The molecule has 1 aromatic carbocycles. The molecule has 31 heavy (non-hydrogen) atoms. The van der Waals surface area contributed by atoms with Gasteiger partial charge in [0.25, 0.3) is 5.91 Å². The Labute approximate surface area is 186 Å². The van der Waals surface area contributed by atoms with Crippen LogP contribution in [-0.4, -0.2) is 55.2 Å². The van der Waals surface area contributed by atoms with Gasteiger partial charge >= 0.3 is 0 Å². The molecule has 2 N–H and O–H groups in total. The summed E-state index contributed by atoms with van der Waals surface area (Å²) in [5, 5.41) is 6.37. The Morgan fingerprint density at radius 2 is 1.90 bits per heavy atom. The monoisotopic (exact) mass is 424 g/mol. The van der Waals surface area contributed by atoms with E-state index in [4.69, 9.17) is 4.74 Å². The Morgan fingerprint density at radius 1 is 1.16 bits per heavy atom. The number of hydrogen-bond acceptors (Lipinski definition) is 5. The van der Waals surface area contributed by atoms with Crippen molar-refractivity contribution in [2.24, 2.45) is 5.92 Å². The van der Waals surface area contributed by atoms with Crippen LogP contribution in [-0.2, 0) is 17.7 Å². The lowest BCUT2D eigenvalue weighted by molar-refractivity contribution is -0.0699. The maximum atomic E-state index is 12.5. The molecule has 1 aliphatic rings. The summed E-state index contributed by atoms with van der Waals surface area (Å²) in [4.78, 5) is 19.0. The van der Waals surface area contributed by atoms with E-state index in [9.17, 15) is 4.79 Å². The van der Waals surface area contributed by atoms with Gasteiger partial charge in [-0.05, 0) is 76.4 Å². The number of benzene rings is 1. The highest BCUT2D eigenvalue weighted by Crippen LogP contribution is 2.28. The predicted molar refractivity (Wildman–Crippen MR) is 125 cm³/mol. The number of amides is 1. The SMILES string of the molecule is CN(C)CCc1ccc(CNC(=O)c2ccc(NCC3CCOC(C)(C)C3)nc2)cc1. The molecule has 0 spiro atoms. The lowest BCUT2D eigenvalue weighted by Crippen LogP contribution is -2.36. The number of ether oxygens (including phenoxy) is 1. The van der Waals surface area contributed by atoms with Gasteiger partial charge < -0.3 is 20.3 Å². The Bertz CT molecular complexity index is 832. The van der Waals surface area contributed by atoms with Gasteiger partial charge in [-0.25, -0.2) is 4.98 Å². The van der Waals surface area contributed by atoms with E-state index in [1.165, 1.54) is 5.56 Å². The smallest absolute Gasteiger partial charge is 0.253 e. The van der Waals surface area contributed by atoms with Gasteiger partial charge in [0.1, 0.15) is 5.82 Å². The van der Waals surface area contributed by atoms with E-state index >= 15 is 0 Å². The van der Waals surface area contributed by atoms with Crippen LogP contribution in [0.2, 0.25) is 0 Å². The van der Waals surface area contributed by atoms with Crippen LogP contribution in [0.3, 0.4) is 0 Å². The number of rotatable bonds is 9. The van der Waals surface area contributed by atoms with Gasteiger partial charge in [-0.1, -0.05) is 24.3 Å². The Hall–Kier alpha value is -2.44. The van der Waals surface area contributed by atoms with Gasteiger partial charge in [-0.2, -0.15) is 0 Å². The molecule has 6 heteroatoms. The molecular formula is C25H36N4O2. The highest BCUT2D eigenvalue weighted by atomic mass is 16.5. The first-order chi connectivity index (χ1) is 14.8. The van der Waals surface area contributed by atoms with E-state index in [0.717, 1.165) is 50.3 Å². The summed E-state index contributed by atoms with van der Waals surface area (Å²) in [6.45, 7) is 7.50. The zero-order chi connectivity index (χ0) is 22.3. The molecule has 0 saturated carbocycles. The van der Waals surface area contributed by atoms with E-state index in [2.05, 4.69) is 72.7 Å². The van der Waals surface area contributed by atoms with Crippen LogP contribution >= 0.6 is 0 Å². The number of nitrogens with zero attached hydrogens (tertiary/aromatic N) is 2. The molecule has 0 bridgehead atoms. The standard InChI is InChI=1S/C25H36N4O2/c1-25(2)15-21(12-14-31-25)17-26-23-10-9-22(18-27-23)24(30)28-16-20-7-5-19(6-8-20)11-13-29(3)4/h5-10,18,21H,11-17H2,1-4H3,(H,26,27)(H,28,30). The first-order valence-electron chi connectivity index (χ1n) is 11.2. The molecular weight excluding hydrogens is 388 g/mol. The number of anilines is 1. The molecule has 0 radical (unpaired) electrons. The van der Waals surface area contributed by atoms with Gasteiger partial charge in [-0.15, -0.1) is 0 Å². The van der Waals surface area contributed by atoms with E-state index in [1.54, 1.807) is 6.20 Å². The van der Waals surface area contributed by atoms with Crippen LogP contribution in [0.4, 0.5) is 5.82 Å². The van der Waals surface area contributed by atoms with Crippen LogP contribution in [0.15, 0.2) is 42.6 Å². The molecule has 2 heterocycles. The number of nitrogens with one attached hydrogen (secondary N) is 2. The van der Waals surface area contributed by atoms with Crippen LogP contribution in [0, 0.1) is 5.92 Å². The van der Waals surface area contributed by atoms with Crippen molar-refractivity contribution in [2.45, 2.75) is 45.3 Å². The van der Waals surface area contributed by atoms with Gasteiger partial charge in [0.2, 0.25) is 0 Å². The largest absolute Gasteiger partial charge is 0.376 e. The molecule has 3 rings (SSSR count). The van der Waals surface area contributed by atoms with Gasteiger partial charge in [0.05, 0.1) is 11.2 Å². The molecule has 1 aromatic heterocycles. The van der Waals surface area contributed by atoms with E-state index in [0.29, 0.717) is 18.0 Å². The van der Waals surface area contributed by atoms with Crippen molar-refractivity contribution in [1.29, 1.82) is 0 Å². The minimum Gasteiger partial charge on any atom is -0.376 e. The molecule has 1 unspecified atom stereocenters. The second kappa shape index (κ2) is 10.7. The van der Waals surface area contributed by atoms with Crippen LogP contribution in [0.25, 0.3) is 0 Å². The minimum absolute atomic E-state index is 0.0491. The van der Waals surface area contributed by atoms with E-state index in [1.807, 2.05) is 12.1 Å². The first kappa shape index (κ1) is 23.2. The quantitative estimate of drug-likeness (QED) is 0.642. The number of pyridine rings is 1. The van der Waals surface area contributed by atoms with Crippen molar-refractivity contribution in [3.05, 3.63) is 59.3 Å². The molecule has 1 aliphatic heterocycles. The molecule has 1 atom stereocenters. The summed E-state index contributed by atoms with van der Waals surface area (Å²) < 4.78 is 5.78. The highest BCUT2D eigenvalue weighted by Gasteiger charge is 2.28. The predicted octanol–water partition coefficient (Wildman–Crippen LogP) is 3.73. The third-order valence-electron chi connectivity index (χ3n) is 5.72. The number of carbonyl (C=O) groups excluding carboxylic acids is 1. The van der Waals surface area contributed by atoms with Crippen LogP contribution < -0.4 is 10.6 Å². The molecule has 0 aliphatic carbocycles. The lowest BCUT2D eigenvalue weighted by Gasteiger charge is -2.35. The summed E-state index contributed by atoms with van der Waals surface area (Å²) in [5.74, 6) is 1.26. The fraction of sp³-hybridized carbons (Fsp3) is 0.520. The second-order valence-corrected chi connectivity index (χ2v) is 9.33. The van der Waals surface area contributed by atoms with Crippen LogP contribution in [0.5, 0.6) is 0 Å². The maximum Gasteiger partial charge on any atom is 0.253 e. The van der Waals surface area contributed by atoms with Crippen molar-refractivity contribution in [1.82, 2.24) is 15.2 Å². The average Bonchev–Trinajstić information content (AvgIpc) is 2.75. The fourth-order valence-electron chi connectivity index (χ4n) is 3.87. The van der Waals surface area contributed by atoms with E-state index in [-0.39, 0.29) is 11.5 Å². The molecule has 1 fully saturated rings. The average molecular weight is 425 g/mol. The van der Waals surface area contributed by atoms with Gasteiger partial charge in [-0.3, -0.25) is 4.79 Å². The number of aromatic nitrogens is 1. The minimum atomic E-state index is -0.109. The fourth-order valence-corrected chi connectivity index (χ4v) is 3.87. The summed E-state index contributed by atoms with van der Waals surface area (Å²) in [7, 11) is 4.16. The van der Waals surface area contributed by atoms with Crippen molar-refractivity contribution >= 4 is 11.7 Å². The molecule has 6 nitrogen and oxygen atoms in total. The third-order valence-corrected chi connectivity index (χ3v) is 5.72. The van der Waals surface area contributed by atoms with Crippen molar-refractivity contribution in [3.8, 4) is 0 Å². The van der Waals surface area contributed by atoms with Gasteiger partial charge in [0.15, 0.2) is 0 Å². The maximum absolute atomic E-state index is 12.5. The van der Waals surface area contributed by atoms with Crippen molar-refractivity contribution < 1.29 is 9.53 Å². The summed E-state index contributed by atoms with van der Waals surface area (Å²) in [6, 6.07) is 12.1. The molecule has 1 amide bonds. The Kier molecular flexibility index (Phi) is 8.04. The first-order valence-corrected chi connectivity index (χ1v) is 11.2. The highest BCUT2D eigenvalue weighted by molar-refractivity contribution is 5.94. The molecule has 1 saturated heterocycles. The second-order valence-electron chi connectivity index (χ2n) is 9.33. The van der Waals surface area contributed by atoms with Crippen LogP contribution in [0.1, 0.15) is 48.2 Å². The summed E-state index contributed by atoms with van der Waals surface area (Å²) >= 11 is 0. The van der Waals surface area contributed by atoms with Gasteiger partial charge in [0, 0.05) is 32.4 Å².